The number of H-pyrrole nitrogens is 1. The SMILES string of the molecule is CNc1n[nH]c2c1CC(C(C)C)CC2. The van der Waals surface area contributed by atoms with E-state index in [9.17, 15) is 0 Å². The Labute approximate surface area is 85.3 Å². The largest absolute Gasteiger partial charge is 0.371 e. The number of hydrogen-bond acceptors (Lipinski definition) is 2. The molecular weight excluding hydrogens is 174 g/mol. The molecule has 14 heavy (non-hydrogen) atoms. The number of rotatable bonds is 2. The van der Waals surface area contributed by atoms with Gasteiger partial charge in [0.05, 0.1) is 0 Å². The zero-order valence-electron chi connectivity index (χ0n) is 9.22. The highest BCUT2D eigenvalue weighted by Gasteiger charge is 2.24. The fraction of sp³-hybridized carbons (Fsp3) is 0.727. The van der Waals surface area contributed by atoms with Crippen LogP contribution in [0.3, 0.4) is 0 Å². The third kappa shape index (κ3) is 1.51. The van der Waals surface area contributed by atoms with Crippen molar-refractivity contribution in [1.29, 1.82) is 0 Å². The molecule has 0 amide bonds. The summed E-state index contributed by atoms with van der Waals surface area (Å²) in [4.78, 5) is 0. The molecule has 1 heterocycles. The Balaban J connectivity index is 2.23. The number of anilines is 1. The van der Waals surface area contributed by atoms with Gasteiger partial charge in [0, 0.05) is 18.3 Å². The Morgan fingerprint density at radius 2 is 2.29 bits per heavy atom. The number of nitrogens with one attached hydrogen (secondary N) is 2. The van der Waals surface area contributed by atoms with Gasteiger partial charge >= 0.3 is 0 Å². The number of nitrogens with zero attached hydrogens (tertiary/aromatic N) is 1. The molecule has 2 rings (SSSR count). The molecule has 1 atom stereocenters. The van der Waals surface area contributed by atoms with Crippen LogP contribution in [-0.2, 0) is 12.8 Å². The lowest BCUT2D eigenvalue weighted by molar-refractivity contribution is 0.342. The zero-order chi connectivity index (χ0) is 10.1. The van der Waals surface area contributed by atoms with Crippen LogP contribution in [-0.4, -0.2) is 17.2 Å². The lowest BCUT2D eigenvalue weighted by Crippen LogP contribution is -2.19. The van der Waals surface area contributed by atoms with E-state index in [1.807, 2.05) is 7.05 Å². The lowest BCUT2D eigenvalue weighted by Gasteiger charge is -2.25. The summed E-state index contributed by atoms with van der Waals surface area (Å²) in [6, 6.07) is 0. The molecule has 1 aromatic rings. The number of hydrogen-bond donors (Lipinski definition) is 2. The van der Waals surface area contributed by atoms with Crippen LogP contribution in [0.25, 0.3) is 0 Å². The van der Waals surface area contributed by atoms with Crippen LogP contribution in [0.5, 0.6) is 0 Å². The first-order chi connectivity index (χ1) is 6.72. The van der Waals surface area contributed by atoms with Crippen molar-refractivity contribution in [3.63, 3.8) is 0 Å². The van der Waals surface area contributed by atoms with E-state index in [4.69, 9.17) is 0 Å². The van der Waals surface area contributed by atoms with E-state index in [1.165, 1.54) is 24.1 Å². The van der Waals surface area contributed by atoms with E-state index in [2.05, 4.69) is 29.4 Å². The zero-order valence-corrected chi connectivity index (χ0v) is 9.22. The second kappa shape index (κ2) is 3.64. The molecule has 1 aromatic heterocycles. The first-order valence-electron chi connectivity index (χ1n) is 5.46. The van der Waals surface area contributed by atoms with Gasteiger partial charge in [-0.2, -0.15) is 5.10 Å². The van der Waals surface area contributed by atoms with Crippen LogP contribution < -0.4 is 5.32 Å². The Morgan fingerprint density at radius 3 is 2.93 bits per heavy atom. The summed E-state index contributed by atoms with van der Waals surface area (Å²) in [5, 5.41) is 10.6. The van der Waals surface area contributed by atoms with Crippen molar-refractivity contribution in [2.75, 3.05) is 12.4 Å². The summed E-state index contributed by atoms with van der Waals surface area (Å²) in [5.41, 5.74) is 2.75. The molecule has 78 valence electrons. The summed E-state index contributed by atoms with van der Waals surface area (Å²) in [6.07, 6.45) is 3.64. The molecule has 0 bridgehead atoms. The topological polar surface area (TPSA) is 40.7 Å². The second-order valence-corrected chi connectivity index (χ2v) is 4.53. The molecule has 0 aliphatic heterocycles. The molecule has 0 spiro atoms. The Morgan fingerprint density at radius 1 is 1.50 bits per heavy atom. The Bertz CT molecular complexity index is 301. The molecule has 0 aromatic carbocycles. The maximum absolute atomic E-state index is 4.27. The average molecular weight is 193 g/mol. The summed E-state index contributed by atoms with van der Waals surface area (Å²) in [7, 11) is 1.94. The molecule has 0 saturated heterocycles. The minimum absolute atomic E-state index is 0.780. The average Bonchev–Trinajstić information content (AvgIpc) is 2.59. The smallest absolute Gasteiger partial charge is 0.151 e. The predicted molar refractivity (Wildman–Crippen MR) is 58.5 cm³/mol. The number of fused-ring (bicyclic) bond motifs is 1. The van der Waals surface area contributed by atoms with Crippen molar-refractivity contribution < 1.29 is 0 Å². The molecule has 2 N–H and O–H groups in total. The number of aryl methyl sites for hydroxylation is 1. The van der Waals surface area contributed by atoms with Gasteiger partial charge < -0.3 is 5.32 Å². The third-order valence-corrected chi connectivity index (χ3v) is 3.36. The minimum Gasteiger partial charge on any atom is -0.371 e. The molecule has 3 heteroatoms. The van der Waals surface area contributed by atoms with Crippen LogP contribution in [0.15, 0.2) is 0 Å². The molecule has 3 nitrogen and oxygen atoms in total. The van der Waals surface area contributed by atoms with Gasteiger partial charge in [-0.3, -0.25) is 5.10 Å². The standard InChI is InChI=1S/C11H19N3/c1-7(2)8-4-5-10-9(6-8)11(12-3)14-13-10/h7-8H,4-6H2,1-3H3,(H2,12,13,14). The van der Waals surface area contributed by atoms with Gasteiger partial charge in [0.15, 0.2) is 5.82 Å². The first-order valence-corrected chi connectivity index (χ1v) is 5.46. The lowest BCUT2D eigenvalue weighted by atomic mass is 9.80. The van der Waals surface area contributed by atoms with E-state index in [-0.39, 0.29) is 0 Å². The van der Waals surface area contributed by atoms with Crippen molar-refractivity contribution in [2.45, 2.75) is 33.1 Å². The first kappa shape index (κ1) is 9.56. The van der Waals surface area contributed by atoms with E-state index in [1.54, 1.807) is 0 Å². The Hall–Kier alpha value is -0.990. The molecular formula is C11H19N3. The number of aromatic amines is 1. The highest BCUT2D eigenvalue weighted by atomic mass is 15.2. The highest BCUT2D eigenvalue weighted by Crippen LogP contribution is 2.32. The highest BCUT2D eigenvalue weighted by molar-refractivity contribution is 5.47. The van der Waals surface area contributed by atoms with E-state index in [0.29, 0.717) is 0 Å². The fourth-order valence-electron chi connectivity index (χ4n) is 2.30. The molecule has 0 saturated carbocycles. The third-order valence-electron chi connectivity index (χ3n) is 3.36. The molecule has 1 aliphatic rings. The molecule has 0 fully saturated rings. The quantitative estimate of drug-likeness (QED) is 0.756. The number of aromatic nitrogens is 2. The van der Waals surface area contributed by atoms with Crippen LogP contribution in [0.1, 0.15) is 31.5 Å². The molecule has 0 radical (unpaired) electrons. The van der Waals surface area contributed by atoms with Crippen LogP contribution in [0.2, 0.25) is 0 Å². The van der Waals surface area contributed by atoms with Crippen LogP contribution in [0.4, 0.5) is 5.82 Å². The van der Waals surface area contributed by atoms with Gasteiger partial charge in [0.25, 0.3) is 0 Å². The van der Waals surface area contributed by atoms with E-state index in [0.717, 1.165) is 24.1 Å². The van der Waals surface area contributed by atoms with E-state index < -0.39 is 0 Å². The summed E-state index contributed by atoms with van der Waals surface area (Å²) >= 11 is 0. The summed E-state index contributed by atoms with van der Waals surface area (Å²) < 4.78 is 0. The van der Waals surface area contributed by atoms with Crippen molar-refractivity contribution in [3.05, 3.63) is 11.3 Å². The van der Waals surface area contributed by atoms with Gasteiger partial charge in [-0.05, 0) is 31.1 Å². The van der Waals surface area contributed by atoms with Crippen molar-refractivity contribution in [3.8, 4) is 0 Å². The van der Waals surface area contributed by atoms with Crippen LogP contribution in [0, 0.1) is 11.8 Å². The van der Waals surface area contributed by atoms with Crippen molar-refractivity contribution in [1.82, 2.24) is 10.2 Å². The maximum Gasteiger partial charge on any atom is 0.151 e. The van der Waals surface area contributed by atoms with Gasteiger partial charge in [0.1, 0.15) is 0 Å². The van der Waals surface area contributed by atoms with Gasteiger partial charge in [-0.1, -0.05) is 13.8 Å². The van der Waals surface area contributed by atoms with Crippen LogP contribution >= 0.6 is 0 Å². The van der Waals surface area contributed by atoms with Gasteiger partial charge in [-0.25, -0.2) is 0 Å². The fourth-order valence-corrected chi connectivity index (χ4v) is 2.30. The van der Waals surface area contributed by atoms with Crippen molar-refractivity contribution >= 4 is 5.82 Å². The van der Waals surface area contributed by atoms with E-state index >= 15 is 0 Å². The predicted octanol–water partition coefficient (Wildman–Crippen LogP) is 2.21. The maximum atomic E-state index is 4.27. The van der Waals surface area contributed by atoms with Crippen molar-refractivity contribution in [2.24, 2.45) is 11.8 Å². The summed E-state index contributed by atoms with van der Waals surface area (Å²) in [6.45, 7) is 4.63. The Kier molecular flexibility index (Phi) is 2.48. The molecule has 1 aliphatic carbocycles. The van der Waals surface area contributed by atoms with Gasteiger partial charge in [-0.15, -0.1) is 0 Å². The summed E-state index contributed by atoms with van der Waals surface area (Å²) in [5.74, 6) is 2.65. The normalized spacial score (nSPS) is 21.0. The van der Waals surface area contributed by atoms with Gasteiger partial charge in [0.2, 0.25) is 0 Å². The minimum atomic E-state index is 0.780. The molecule has 1 unspecified atom stereocenters. The second-order valence-electron chi connectivity index (χ2n) is 4.53. The monoisotopic (exact) mass is 193 g/mol.